The first-order chi connectivity index (χ1) is 13.5. The fourth-order valence-electron chi connectivity index (χ4n) is 2.49. The molecule has 3 N–H and O–H groups in total. The van der Waals surface area contributed by atoms with Gasteiger partial charge in [0.25, 0.3) is 0 Å². The van der Waals surface area contributed by atoms with Crippen LogP contribution in [0.25, 0.3) is 10.6 Å². The molecule has 0 aliphatic rings. The van der Waals surface area contributed by atoms with E-state index in [4.69, 9.17) is 0 Å². The molecule has 3 rings (SSSR count). The van der Waals surface area contributed by atoms with E-state index in [0.29, 0.717) is 22.3 Å². The molecule has 3 amide bonds. The van der Waals surface area contributed by atoms with Crippen LogP contribution in [0.5, 0.6) is 0 Å². The summed E-state index contributed by atoms with van der Waals surface area (Å²) in [5.41, 5.74) is 2.14. The summed E-state index contributed by atoms with van der Waals surface area (Å²) in [6, 6.07) is 11.8. The Balaban J connectivity index is 1.61. The van der Waals surface area contributed by atoms with E-state index in [1.807, 2.05) is 12.1 Å². The van der Waals surface area contributed by atoms with Crippen LogP contribution in [0.1, 0.15) is 19.0 Å². The van der Waals surface area contributed by atoms with Gasteiger partial charge in [0.1, 0.15) is 22.7 Å². The van der Waals surface area contributed by atoms with Crippen molar-refractivity contribution < 1.29 is 14.7 Å². The average Bonchev–Trinajstić information content (AvgIpc) is 3.10. The van der Waals surface area contributed by atoms with Gasteiger partial charge in [-0.3, -0.25) is 10.6 Å². The van der Waals surface area contributed by atoms with Crippen molar-refractivity contribution in [2.24, 2.45) is 0 Å². The smallest absolute Gasteiger partial charge is 0.326 e. The summed E-state index contributed by atoms with van der Waals surface area (Å²) < 4.78 is 0. The molecule has 0 aliphatic carbocycles. The SMILES string of the molecule is CCCc1cccc(NC(=O)Nc2csc(-c3ccc(NC(=O)[O-])cc3)n2)n1. The van der Waals surface area contributed by atoms with Crippen molar-refractivity contribution in [2.45, 2.75) is 19.8 Å². The molecule has 28 heavy (non-hydrogen) atoms. The van der Waals surface area contributed by atoms with Crippen LogP contribution in [-0.2, 0) is 6.42 Å². The van der Waals surface area contributed by atoms with E-state index in [1.54, 1.807) is 35.7 Å². The molecule has 0 saturated heterocycles. The molecule has 0 saturated carbocycles. The number of urea groups is 1. The van der Waals surface area contributed by atoms with Gasteiger partial charge in [-0.2, -0.15) is 0 Å². The maximum atomic E-state index is 12.2. The molecule has 144 valence electrons. The van der Waals surface area contributed by atoms with E-state index in [-0.39, 0.29) is 0 Å². The van der Waals surface area contributed by atoms with Crippen LogP contribution >= 0.6 is 11.3 Å². The molecule has 2 heterocycles. The molecule has 0 radical (unpaired) electrons. The van der Waals surface area contributed by atoms with Gasteiger partial charge in [-0.1, -0.05) is 19.4 Å². The summed E-state index contributed by atoms with van der Waals surface area (Å²) in [6.07, 6.45) is 0.465. The number of aromatic nitrogens is 2. The van der Waals surface area contributed by atoms with Crippen LogP contribution in [0.3, 0.4) is 0 Å². The molecule has 8 nitrogen and oxygen atoms in total. The topological polar surface area (TPSA) is 119 Å². The Bertz CT molecular complexity index is 972. The highest BCUT2D eigenvalue weighted by molar-refractivity contribution is 7.13. The number of hydrogen-bond acceptors (Lipinski definition) is 6. The van der Waals surface area contributed by atoms with Gasteiger partial charge >= 0.3 is 6.03 Å². The highest BCUT2D eigenvalue weighted by Gasteiger charge is 2.09. The molecule has 2 aromatic heterocycles. The fraction of sp³-hybridized carbons (Fsp3) is 0.158. The van der Waals surface area contributed by atoms with Crippen molar-refractivity contribution in [2.75, 3.05) is 16.0 Å². The molecule has 3 aromatic rings. The Morgan fingerprint density at radius 1 is 1.00 bits per heavy atom. The molecule has 0 spiro atoms. The summed E-state index contributed by atoms with van der Waals surface area (Å²) in [7, 11) is 0. The number of rotatable bonds is 6. The van der Waals surface area contributed by atoms with E-state index in [2.05, 4.69) is 32.8 Å². The second kappa shape index (κ2) is 8.96. The van der Waals surface area contributed by atoms with Gasteiger partial charge in [-0.25, -0.2) is 14.8 Å². The molecule has 0 aliphatic heterocycles. The van der Waals surface area contributed by atoms with Crippen molar-refractivity contribution >= 4 is 40.8 Å². The Labute approximate surface area is 165 Å². The van der Waals surface area contributed by atoms with Crippen LogP contribution in [0.2, 0.25) is 0 Å². The lowest BCUT2D eigenvalue weighted by molar-refractivity contribution is -0.242. The second-order valence-corrected chi connectivity index (χ2v) is 6.73. The first-order valence-electron chi connectivity index (χ1n) is 8.61. The minimum absolute atomic E-state index is 0.413. The number of hydrogen-bond donors (Lipinski definition) is 3. The summed E-state index contributed by atoms with van der Waals surface area (Å²) in [4.78, 5) is 31.5. The van der Waals surface area contributed by atoms with Gasteiger partial charge in [0, 0.05) is 22.3 Å². The minimum Gasteiger partial charge on any atom is -0.530 e. The van der Waals surface area contributed by atoms with Gasteiger partial charge in [-0.05, 0) is 42.8 Å². The van der Waals surface area contributed by atoms with Gasteiger partial charge < -0.3 is 15.2 Å². The third kappa shape index (κ3) is 5.27. The number of nitrogens with one attached hydrogen (secondary N) is 3. The van der Waals surface area contributed by atoms with E-state index in [9.17, 15) is 14.7 Å². The van der Waals surface area contributed by atoms with Gasteiger partial charge in [0.15, 0.2) is 0 Å². The van der Waals surface area contributed by atoms with Gasteiger partial charge in [0.05, 0.1) is 0 Å². The number of pyridine rings is 1. The van der Waals surface area contributed by atoms with Crippen molar-refractivity contribution in [3.05, 3.63) is 53.5 Å². The number of carbonyl (C=O) groups excluding carboxylic acids is 2. The van der Waals surface area contributed by atoms with E-state index in [0.717, 1.165) is 24.1 Å². The van der Waals surface area contributed by atoms with Crippen LogP contribution in [0.4, 0.5) is 26.9 Å². The number of thiazole rings is 1. The van der Waals surface area contributed by atoms with E-state index >= 15 is 0 Å². The summed E-state index contributed by atoms with van der Waals surface area (Å²) in [6.45, 7) is 2.07. The van der Waals surface area contributed by atoms with Crippen molar-refractivity contribution in [3.8, 4) is 10.6 Å². The predicted molar refractivity (Wildman–Crippen MR) is 107 cm³/mol. The fourth-order valence-corrected chi connectivity index (χ4v) is 3.24. The first-order valence-corrected chi connectivity index (χ1v) is 9.49. The minimum atomic E-state index is -1.37. The molecule has 1 aromatic carbocycles. The maximum Gasteiger partial charge on any atom is 0.326 e. The Morgan fingerprint density at radius 2 is 1.75 bits per heavy atom. The normalized spacial score (nSPS) is 10.3. The third-order valence-electron chi connectivity index (χ3n) is 3.68. The number of carbonyl (C=O) groups is 2. The van der Waals surface area contributed by atoms with Crippen LogP contribution < -0.4 is 21.1 Å². The molecular formula is C19H18N5O3S-. The van der Waals surface area contributed by atoms with Gasteiger partial charge in [0.2, 0.25) is 0 Å². The third-order valence-corrected chi connectivity index (χ3v) is 4.57. The zero-order valence-electron chi connectivity index (χ0n) is 15.1. The Hall–Kier alpha value is -3.46. The van der Waals surface area contributed by atoms with Crippen molar-refractivity contribution in [1.29, 1.82) is 0 Å². The number of aryl methyl sites for hydroxylation is 1. The predicted octanol–water partition coefficient (Wildman–Crippen LogP) is 3.56. The second-order valence-electron chi connectivity index (χ2n) is 5.87. The largest absolute Gasteiger partial charge is 0.530 e. The van der Waals surface area contributed by atoms with Crippen molar-refractivity contribution in [1.82, 2.24) is 9.97 Å². The van der Waals surface area contributed by atoms with E-state index < -0.39 is 12.1 Å². The maximum absolute atomic E-state index is 12.2. The highest BCUT2D eigenvalue weighted by Crippen LogP contribution is 2.27. The first kappa shape index (κ1) is 19.3. The molecular weight excluding hydrogens is 378 g/mol. The van der Waals surface area contributed by atoms with Crippen LogP contribution in [0.15, 0.2) is 47.8 Å². The Morgan fingerprint density at radius 3 is 2.46 bits per heavy atom. The molecule has 9 heteroatoms. The summed E-state index contributed by atoms with van der Waals surface area (Å²) in [5.74, 6) is 0.897. The lowest BCUT2D eigenvalue weighted by Gasteiger charge is -2.07. The monoisotopic (exact) mass is 396 g/mol. The summed E-state index contributed by atoms with van der Waals surface area (Å²) >= 11 is 1.36. The van der Waals surface area contributed by atoms with Crippen LogP contribution in [-0.4, -0.2) is 22.1 Å². The molecule has 0 atom stereocenters. The lowest BCUT2D eigenvalue weighted by atomic mass is 10.2. The number of carboxylic acid groups (broad SMARTS) is 1. The Kier molecular flexibility index (Phi) is 6.18. The lowest BCUT2D eigenvalue weighted by Crippen LogP contribution is -2.28. The number of nitrogens with zero attached hydrogens (tertiary/aromatic N) is 2. The molecule has 0 fully saturated rings. The molecule has 0 bridgehead atoms. The zero-order chi connectivity index (χ0) is 19.9. The standard InChI is InChI=1S/C19H19N5O3S/c1-2-4-13-5-3-6-15(20-13)23-18(25)24-16-11-28-17(22-16)12-7-9-14(10-8-12)21-19(26)27/h3,5-11,21H,2,4H2,1H3,(H,26,27)(H2,20,23,24,25)/p-1. The number of amides is 3. The number of benzene rings is 1. The quantitative estimate of drug-likeness (QED) is 0.589. The van der Waals surface area contributed by atoms with Crippen molar-refractivity contribution in [3.63, 3.8) is 0 Å². The zero-order valence-corrected chi connectivity index (χ0v) is 15.9. The molecule has 0 unspecified atom stereocenters. The van der Waals surface area contributed by atoms with E-state index in [1.165, 1.54) is 11.3 Å². The highest BCUT2D eigenvalue weighted by atomic mass is 32.1. The van der Waals surface area contributed by atoms with Crippen LogP contribution in [0, 0.1) is 0 Å². The average molecular weight is 396 g/mol. The summed E-state index contributed by atoms with van der Waals surface area (Å²) in [5, 5.41) is 20.5. The number of anilines is 3. The van der Waals surface area contributed by atoms with Gasteiger partial charge in [-0.15, -0.1) is 11.3 Å².